The van der Waals surface area contributed by atoms with E-state index < -0.39 is 35.0 Å². The number of aliphatic hydroxyl groups excluding tert-OH is 1. The minimum Gasteiger partial charge on any atom is -0.497 e. The van der Waals surface area contributed by atoms with Crippen molar-refractivity contribution < 1.29 is 29.0 Å². The van der Waals surface area contributed by atoms with Crippen LogP contribution in [0.15, 0.2) is 24.3 Å². The Morgan fingerprint density at radius 3 is 2.57 bits per heavy atom. The number of likely N-dealkylation sites (tertiary alicyclic amines) is 1. The summed E-state index contributed by atoms with van der Waals surface area (Å²) in [5, 5.41) is 15.0. The number of fused-ring (bicyclic) bond motifs is 1. The van der Waals surface area contributed by atoms with E-state index in [1.54, 1.807) is 31.4 Å². The fourth-order valence-corrected chi connectivity index (χ4v) is 5.52. The normalized spacial score (nSPS) is 34.1. The van der Waals surface area contributed by atoms with Crippen molar-refractivity contribution in [3.63, 3.8) is 0 Å². The summed E-state index contributed by atoms with van der Waals surface area (Å²) in [4.78, 5) is 40.7. The van der Waals surface area contributed by atoms with Gasteiger partial charge in [-0.15, -0.1) is 0 Å². The van der Waals surface area contributed by atoms with Gasteiger partial charge in [0.2, 0.25) is 17.7 Å². The number of methoxy groups -OCH3 is 1. The molecule has 3 saturated heterocycles. The van der Waals surface area contributed by atoms with Crippen LogP contribution in [0.1, 0.15) is 19.8 Å². The summed E-state index contributed by atoms with van der Waals surface area (Å²) in [6, 6.07) is 5.94. The van der Waals surface area contributed by atoms with Crippen molar-refractivity contribution in [1.29, 1.82) is 0 Å². The van der Waals surface area contributed by atoms with Crippen LogP contribution in [0, 0.1) is 11.8 Å². The molecule has 5 atom stereocenters. The number of nitrogens with zero attached hydrogens (tertiary/aromatic N) is 1. The monoisotopic (exact) mass is 417 g/mol. The van der Waals surface area contributed by atoms with Crippen LogP contribution in [0.5, 0.6) is 5.75 Å². The van der Waals surface area contributed by atoms with Gasteiger partial charge in [0.1, 0.15) is 17.4 Å². The molecule has 0 aromatic heterocycles. The summed E-state index contributed by atoms with van der Waals surface area (Å²) in [6.07, 6.45) is 1.07. The third-order valence-electron chi connectivity index (χ3n) is 6.75. The van der Waals surface area contributed by atoms with Gasteiger partial charge in [0.05, 0.1) is 31.2 Å². The second kappa shape index (κ2) is 7.24. The summed E-state index contributed by atoms with van der Waals surface area (Å²) >= 11 is 0. The van der Waals surface area contributed by atoms with Crippen molar-refractivity contribution in [2.75, 3.05) is 32.6 Å². The maximum Gasteiger partial charge on any atom is 0.250 e. The molecule has 3 amide bonds. The predicted molar refractivity (Wildman–Crippen MR) is 107 cm³/mol. The molecule has 9 heteroatoms. The first-order chi connectivity index (χ1) is 14.3. The van der Waals surface area contributed by atoms with Crippen molar-refractivity contribution in [3.05, 3.63) is 24.3 Å². The fraction of sp³-hybridized carbons (Fsp3) is 0.571. The number of carbonyl (C=O) groups is 3. The van der Waals surface area contributed by atoms with Gasteiger partial charge < -0.3 is 30.1 Å². The van der Waals surface area contributed by atoms with E-state index in [2.05, 4.69) is 10.6 Å². The molecule has 0 radical (unpaired) electrons. The maximum absolute atomic E-state index is 13.4. The highest BCUT2D eigenvalue weighted by Crippen LogP contribution is 2.63. The van der Waals surface area contributed by atoms with E-state index >= 15 is 0 Å². The molecular weight excluding hydrogens is 390 g/mol. The lowest BCUT2D eigenvalue weighted by Gasteiger charge is -2.33. The standard InChI is InChI=1S/C21H27N3O6/c1-20-8-9-21(30-20)15(14(20)17(26)22-2)19(28)24(10-11-25)16(21)18(27)23-12-4-6-13(29-3)7-5-12/h4-7,14-16,25H,8-11H2,1-3H3,(H,22,26)(H,23,27)/t14-,15-,16?,20+,21?/m0/s1. The van der Waals surface area contributed by atoms with Gasteiger partial charge in [0, 0.05) is 19.3 Å². The topological polar surface area (TPSA) is 117 Å². The third kappa shape index (κ3) is 2.79. The minimum absolute atomic E-state index is 0.00167. The molecule has 2 unspecified atom stereocenters. The Labute approximate surface area is 174 Å². The summed E-state index contributed by atoms with van der Waals surface area (Å²) < 4.78 is 11.5. The van der Waals surface area contributed by atoms with Crippen LogP contribution < -0.4 is 15.4 Å². The van der Waals surface area contributed by atoms with Crippen molar-refractivity contribution in [2.45, 2.75) is 37.0 Å². The highest BCUT2D eigenvalue weighted by atomic mass is 16.5. The zero-order valence-corrected chi connectivity index (χ0v) is 17.3. The van der Waals surface area contributed by atoms with Crippen molar-refractivity contribution in [3.8, 4) is 5.75 Å². The third-order valence-corrected chi connectivity index (χ3v) is 6.75. The lowest BCUT2D eigenvalue weighted by Crippen LogP contribution is -2.53. The van der Waals surface area contributed by atoms with Gasteiger partial charge in [-0.05, 0) is 44.0 Å². The van der Waals surface area contributed by atoms with Gasteiger partial charge in [-0.1, -0.05) is 0 Å². The molecule has 1 spiro atoms. The van der Waals surface area contributed by atoms with Crippen molar-refractivity contribution in [2.24, 2.45) is 11.8 Å². The van der Waals surface area contributed by atoms with Crippen LogP contribution in [0.2, 0.25) is 0 Å². The van der Waals surface area contributed by atoms with E-state index in [9.17, 15) is 19.5 Å². The first-order valence-corrected chi connectivity index (χ1v) is 10.1. The van der Waals surface area contributed by atoms with E-state index in [0.717, 1.165) is 0 Å². The Morgan fingerprint density at radius 2 is 1.97 bits per heavy atom. The van der Waals surface area contributed by atoms with E-state index in [-0.39, 0.29) is 25.0 Å². The quantitative estimate of drug-likeness (QED) is 0.606. The number of ether oxygens (including phenoxy) is 2. The molecule has 3 fully saturated rings. The number of hydrogen-bond acceptors (Lipinski definition) is 6. The molecular formula is C21H27N3O6. The molecule has 0 aliphatic carbocycles. The Hall–Kier alpha value is -2.65. The number of anilines is 1. The molecule has 3 heterocycles. The summed E-state index contributed by atoms with van der Waals surface area (Å²) in [5.74, 6) is -1.76. The van der Waals surface area contributed by atoms with Gasteiger partial charge in [0.15, 0.2) is 0 Å². The highest BCUT2D eigenvalue weighted by molar-refractivity contribution is 6.03. The van der Waals surface area contributed by atoms with Crippen LogP contribution in [0.25, 0.3) is 0 Å². The number of nitrogens with one attached hydrogen (secondary N) is 2. The zero-order chi connectivity index (χ0) is 21.7. The smallest absolute Gasteiger partial charge is 0.250 e. The summed E-state index contributed by atoms with van der Waals surface area (Å²) in [6.45, 7) is 1.54. The first kappa shape index (κ1) is 20.6. The molecule has 0 saturated carbocycles. The molecule has 3 aliphatic heterocycles. The number of aliphatic hydroxyl groups is 1. The number of carbonyl (C=O) groups excluding carboxylic acids is 3. The van der Waals surface area contributed by atoms with Crippen LogP contribution in [-0.2, 0) is 19.1 Å². The number of amides is 3. The molecule has 3 aliphatic rings. The average Bonchev–Trinajstić information content (AvgIpc) is 3.29. The predicted octanol–water partition coefficient (Wildman–Crippen LogP) is 0.137. The van der Waals surface area contributed by atoms with Gasteiger partial charge in [-0.25, -0.2) is 0 Å². The molecule has 3 N–H and O–H groups in total. The van der Waals surface area contributed by atoms with E-state index in [1.165, 1.54) is 11.9 Å². The lowest BCUT2D eigenvalue weighted by molar-refractivity contribution is -0.144. The molecule has 1 aromatic carbocycles. The number of benzene rings is 1. The van der Waals surface area contributed by atoms with Gasteiger partial charge in [-0.3, -0.25) is 14.4 Å². The van der Waals surface area contributed by atoms with Gasteiger partial charge >= 0.3 is 0 Å². The second-order valence-corrected chi connectivity index (χ2v) is 8.31. The molecule has 9 nitrogen and oxygen atoms in total. The highest BCUT2D eigenvalue weighted by Gasteiger charge is 2.77. The van der Waals surface area contributed by atoms with Crippen molar-refractivity contribution in [1.82, 2.24) is 10.2 Å². The van der Waals surface area contributed by atoms with E-state index in [0.29, 0.717) is 24.3 Å². The number of rotatable bonds is 6. The fourth-order valence-electron chi connectivity index (χ4n) is 5.52. The number of hydrogen-bond donors (Lipinski definition) is 3. The first-order valence-electron chi connectivity index (χ1n) is 10.1. The van der Waals surface area contributed by atoms with Crippen LogP contribution in [0.3, 0.4) is 0 Å². The minimum atomic E-state index is -1.09. The maximum atomic E-state index is 13.4. The van der Waals surface area contributed by atoms with Crippen LogP contribution >= 0.6 is 0 Å². The second-order valence-electron chi connectivity index (χ2n) is 8.31. The van der Waals surface area contributed by atoms with Crippen molar-refractivity contribution >= 4 is 23.4 Å². The molecule has 1 aromatic rings. The zero-order valence-electron chi connectivity index (χ0n) is 17.3. The average molecular weight is 417 g/mol. The largest absolute Gasteiger partial charge is 0.497 e. The Morgan fingerprint density at radius 1 is 1.27 bits per heavy atom. The van der Waals surface area contributed by atoms with Crippen LogP contribution in [-0.4, -0.2) is 72.3 Å². The molecule has 30 heavy (non-hydrogen) atoms. The summed E-state index contributed by atoms with van der Waals surface area (Å²) in [5.41, 5.74) is -1.34. The molecule has 162 valence electrons. The Kier molecular flexibility index (Phi) is 4.98. The summed E-state index contributed by atoms with van der Waals surface area (Å²) in [7, 11) is 3.09. The number of β-amino-alcohol motifs (C(OH)–C–C–N with tert-alkyl or cyclic N) is 1. The van der Waals surface area contributed by atoms with Gasteiger partial charge in [-0.2, -0.15) is 0 Å². The van der Waals surface area contributed by atoms with Gasteiger partial charge in [0.25, 0.3) is 0 Å². The molecule has 4 rings (SSSR count). The van der Waals surface area contributed by atoms with Crippen LogP contribution in [0.4, 0.5) is 5.69 Å². The van der Waals surface area contributed by atoms with E-state index in [1.807, 2.05) is 6.92 Å². The Balaban J connectivity index is 1.69. The molecule has 2 bridgehead atoms. The van der Waals surface area contributed by atoms with E-state index in [4.69, 9.17) is 9.47 Å². The lowest BCUT2D eigenvalue weighted by atomic mass is 9.66. The SMILES string of the molecule is CNC(=O)[C@@H]1[C@H]2C(=O)N(CCO)C(C(=O)Nc3ccc(OC)cc3)C23CC[C@@]1(C)O3. The Bertz CT molecular complexity index is 874.